The minimum atomic E-state index is -0.222. The van der Waals surface area contributed by atoms with Gasteiger partial charge in [0.2, 0.25) is 0 Å². The van der Waals surface area contributed by atoms with Crippen LogP contribution in [0.1, 0.15) is 44.5 Å². The Balaban J connectivity index is 0.000000190. The summed E-state index contributed by atoms with van der Waals surface area (Å²) >= 11 is -0.222. The van der Waals surface area contributed by atoms with Gasteiger partial charge in [-0.05, 0) is 44.5 Å². The minimum absolute atomic E-state index is 0.222. The van der Waals surface area contributed by atoms with Gasteiger partial charge in [0.25, 0.3) is 0 Å². The van der Waals surface area contributed by atoms with E-state index in [1.807, 2.05) is 24.3 Å². The summed E-state index contributed by atoms with van der Waals surface area (Å²) in [4.78, 5) is 10.9. The van der Waals surface area contributed by atoms with Crippen LogP contribution >= 0.6 is 0 Å². The number of ketones is 1. The van der Waals surface area contributed by atoms with Crippen molar-refractivity contribution in [1.82, 2.24) is 0 Å². The van der Waals surface area contributed by atoms with Crippen LogP contribution in [0.15, 0.2) is 112 Å². The van der Waals surface area contributed by atoms with Gasteiger partial charge in [-0.1, -0.05) is 97.1 Å². The van der Waals surface area contributed by atoms with E-state index in [9.17, 15) is 4.79 Å². The Morgan fingerprint density at radius 1 is 0.404 bits per heavy atom. The number of rotatable bonds is 1. The Labute approximate surface area is 309 Å². The van der Waals surface area contributed by atoms with Crippen molar-refractivity contribution in [3.05, 3.63) is 142 Å². The van der Waals surface area contributed by atoms with Gasteiger partial charge in [-0.15, -0.1) is 0 Å². The van der Waals surface area contributed by atoms with Crippen molar-refractivity contribution in [3.63, 3.8) is 0 Å². The van der Waals surface area contributed by atoms with Crippen LogP contribution in [0.25, 0.3) is 0 Å². The molecule has 0 atom stereocenters. The summed E-state index contributed by atoms with van der Waals surface area (Å²) in [6, 6.07) is 33.6. The van der Waals surface area contributed by atoms with Gasteiger partial charge in [0.05, 0.1) is 0 Å². The van der Waals surface area contributed by atoms with Crippen LogP contribution < -0.4 is 29.2 Å². The molecule has 4 aliphatic rings. The van der Waals surface area contributed by atoms with Gasteiger partial charge in [0, 0.05) is 68.5 Å². The molecule has 47 heavy (non-hydrogen) atoms. The zero-order valence-electron chi connectivity index (χ0n) is 26.6. The van der Waals surface area contributed by atoms with Crippen molar-refractivity contribution in [1.29, 1.82) is 0 Å². The maximum atomic E-state index is 10.9. The van der Waals surface area contributed by atoms with Crippen LogP contribution in [0.5, 0.6) is 0 Å². The van der Waals surface area contributed by atoms with E-state index in [2.05, 4.69) is 111 Å². The molecular weight excluding hydrogens is 714 g/mol. The first-order chi connectivity index (χ1) is 23.1. The molecule has 4 aromatic rings. The Hall–Kier alpha value is -3.43. The predicted octanol–water partition coefficient (Wildman–Crippen LogP) is 2.97. The van der Waals surface area contributed by atoms with Crippen molar-refractivity contribution in [3.8, 4) is 0 Å². The predicted molar refractivity (Wildman–Crippen MR) is 190 cm³/mol. The van der Waals surface area contributed by atoms with Crippen LogP contribution in [0.4, 0.5) is 0 Å². The zero-order valence-corrected chi connectivity index (χ0v) is 31.1. The number of carbonyl (C=O) groups is 1. The molecule has 10 nitrogen and oxygen atoms in total. The number of nitrogens with zero attached hydrogens (tertiary/aromatic N) is 3. The second-order valence-corrected chi connectivity index (χ2v) is 11.1. The van der Waals surface area contributed by atoms with E-state index >= 15 is 0 Å². The Morgan fingerprint density at radius 3 is 0.851 bits per heavy atom. The number of hydrazine groups is 2. The van der Waals surface area contributed by atoms with Gasteiger partial charge in [0.1, 0.15) is 5.78 Å². The summed E-state index contributed by atoms with van der Waals surface area (Å²) in [5, 5.41) is 12.7. The number of hydrogen-bond donors (Lipinski definition) is 5. The zero-order chi connectivity index (χ0) is 34.0. The average molecular weight is 756 g/mol. The van der Waals surface area contributed by atoms with Crippen LogP contribution in [-0.4, -0.2) is 69.6 Å². The van der Waals surface area contributed by atoms with Crippen molar-refractivity contribution in [2.45, 2.75) is 51.4 Å². The Bertz CT molecular complexity index is 1550. The van der Waals surface area contributed by atoms with Crippen molar-refractivity contribution >= 4 is 69.6 Å². The standard InChI is InChI=1S/C18H16N2.C9H10N2.C9H8O.Ba.2H4N2.O/c1-2-6-14-10-17(9-13(14)5-1)19-20-18-11-15-7-3-4-8-16(15)12-18;10-11-9-5-7-3-1-2-4-8(7)6-9;10-9-5-7-3-1-2-4-8(7)6-9;;2*1-2;/h1-8H,9-12H2;1-4H,5-6,10H2;1-4H,5-6H2;;2*1-2H2;. The molecule has 0 heterocycles. The largest absolute Gasteiger partial charge is 0.159 e. The first-order valence-electron chi connectivity index (χ1n) is 15.3. The third kappa shape index (κ3) is 11.1. The maximum Gasteiger partial charge on any atom is 0.0493 e. The smallest absolute Gasteiger partial charge is 0.0493 e. The van der Waals surface area contributed by atoms with Crippen LogP contribution in [-0.2, 0) is 56.2 Å². The number of hydrogen-bond acceptors (Lipinski definition) is 10. The molecule has 0 radical (unpaired) electrons. The van der Waals surface area contributed by atoms with Gasteiger partial charge in [-0.25, -0.2) is 0 Å². The van der Waals surface area contributed by atoms with E-state index in [-0.39, 0.29) is 46.7 Å². The van der Waals surface area contributed by atoms with E-state index in [0.717, 1.165) is 44.2 Å². The number of nitrogens with two attached hydrogens (primary N) is 5. The first-order valence-corrected chi connectivity index (χ1v) is 17.1. The van der Waals surface area contributed by atoms with Gasteiger partial charge in [0.15, 0.2) is 0 Å². The fourth-order valence-electron chi connectivity index (χ4n) is 5.98. The molecule has 0 aliphatic heterocycles. The molecular formula is C36H42BaN8O2. The number of hydrazone groups is 1. The van der Waals surface area contributed by atoms with E-state index in [1.54, 1.807) is 0 Å². The third-order valence-corrected chi connectivity index (χ3v) is 8.13. The molecule has 0 spiro atoms. The average Bonchev–Trinajstić information content (AvgIpc) is 3.93. The molecule has 0 bridgehead atoms. The van der Waals surface area contributed by atoms with E-state index in [1.165, 1.54) is 55.9 Å². The first kappa shape index (κ1) is 38.0. The molecule has 10 N–H and O–H groups in total. The number of Topliss-reactive ketones (excluding diaryl/α,β-unsaturated/α-hetero) is 1. The van der Waals surface area contributed by atoms with E-state index in [0.29, 0.717) is 18.6 Å². The van der Waals surface area contributed by atoms with Gasteiger partial charge < -0.3 is 5.84 Å². The molecule has 0 aromatic heterocycles. The number of fused-ring (bicyclic) bond motifs is 4. The third-order valence-electron chi connectivity index (χ3n) is 8.13. The van der Waals surface area contributed by atoms with Crippen LogP contribution in [0, 0.1) is 0 Å². The number of carbonyl (C=O) groups excluding carboxylic acids is 1. The second-order valence-electron chi connectivity index (χ2n) is 11.1. The van der Waals surface area contributed by atoms with Gasteiger partial charge >= 0.3 is 46.8 Å². The van der Waals surface area contributed by atoms with Crippen molar-refractivity contribution in [2.75, 3.05) is 0 Å². The minimum Gasteiger partial charge on any atom is -0.159 e. The Kier molecular flexibility index (Phi) is 16.8. The molecule has 0 amide bonds. The van der Waals surface area contributed by atoms with Gasteiger partial charge in [-0.2, -0.15) is 15.3 Å². The fourth-order valence-corrected chi connectivity index (χ4v) is 5.98. The molecule has 4 aliphatic carbocycles. The second kappa shape index (κ2) is 20.7. The topological polar surface area (TPSA) is 201 Å². The Morgan fingerprint density at radius 2 is 0.617 bits per heavy atom. The van der Waals surface area contributed by atoms with Crippen molar-refractivity contribution in [2.24, 2.45) is 44.5 Å². The molecule has 8 rings (SSSR count). The normalized spacial score (nSPS) is 13.9. The molecule has 0 fully saturated rings. The quantitative estimate of drug-likeness (QED) is 0.112. The monoisotopic (exact) mass is 756 g/mol. The fraction of sp³-hybridized carbons (Fsp3) is 0.222. The summed E-state index contributed by atoms with van der Waals surface area (Å²) in [6.45, 7) is 0. The number of benzene rings is 4. The molecule has 4 aromatic carbocycles. The summed E-state index contributed by atoms with van der Waals surface area (Å²) < 4.78 is 8.44. The summed E-state index contributed by atoms with van der Waals surface area (Å²) in [7, 11) is 0. The van der Waals surface area contributed by atoms with Gasteiger partial charge in [-0.3, -0.25) is 28.2 Å². The molecule has 0 unspecified atom stereocenters. The summed E-state index contributed by atoms with van der Waals surface area (Å²) in [5.74, 6) is 21.5. The molecule has 240 valence electrons. The molecule has 11 heteroatoms. The van der Waals surface area contributed by atoms with E-state index in [4.69, 9.17) is 5.88 Å². The SMILES string of the molecule is NN.NN.NN=C1Cc2ccccc2C1.O=C1Cc2ccccc2C1.[O]=[Ba].c1ccc2c(c1)CC(=NN=C1Cc3ccccc3C1)C2. The van der Waals surface area contributed by atoms with E-state index < -0.39 is 0 Å². The molecule has 0 saturated carbocycles. The maximum absolute atomic E-state index is 10.9. The van der Waals surface area contributed by atoms with Crippen LogP contribution in [0.2, 0.25) is 0 Å². The van der Waals surface area contributed by atoms with Crippen LogP contribution in [0.3, 0.4) is 0 Å². The summed E-state index contributed by atoms with van der Waals surface area (Å²) in [5.41, 5.74) is 14.3. The van der Waals surface area contributed by atoms with Crippen molar-refractivity contribution < 1.29 is 4.83 Å². The summed E-state index contributed by atoms with van der Waals surface area (Å²) in [6.07, 6.45) is 7.01. The molecule has 0 saturated heterocycles.